The van der Waals surface area contributed by atoms with Gasteiger partial charge in [-0.25, -0.2) is 4.79 Å². The molecular formula is C19H25N3O5S. The third-order valence-electron chi connectivity index (χ3n) is 5.34. The summed E-state index contributed by atoms with van der Waals surface area (Å²) in [5, 5.41) is 6.23. The molecule has 4 heterocycles. The molecule has 8 nitrogen and oxygen atoms in total. The third kappa shape index (κ3) is 3.60. The highest BCUT2D eigenvalue weighted by atomic mass is 32.1. The van der Waals surface area contributed by atoms with E-state index in [0.717, 1.165) is 37.9 Å². The zero-order valence-electron chi connectivity index (χ0n) is 15.9. The molecule has 2 atom stereocenters. The van der Waals surface area contributed by atoms with Gasteiger partial charge in [0.1, 0.15) is 5.00 Å². The summed E-state index contributed by atoms with van der Waals surface area (Å²) in [6.07, 6.45) is 3.80. The van der Waals surface area contributed by atoms with Gasteiger partial charge in [0.25, 0.3) is 11.8 Å². The lowest BCUT2D eigenvalue weighted by atomic mass is 10.0. The van der Waals surface area contributed by atoms with E-state index in [9.17, 15) is 14.4 Å². The molecule has 0 saturated carbocycles. The Bertz CT molecular complexity index is 787. The van der Waals surface area contributed by atoms with Crippen LogP contribution in [0.4, 0.5) is 5.00 Å². The van der Waals surface area contributed by atoms with Crippen LogP contribution in [-0.4, -0.2) is 61.3 Å². The number of esters is 1. The molecule has 9 heteroatoms. The summed E-state index contributed by atoms with van der Waals surface area (Å²) in [5.41, 5.74) is 1.27. The number of hydrogen-bond donors (Lipinski definition) is 2. The van der Waals surface area contributed by atoms with Gasteiger partial charge < -0.3 is 25.0 Å². The van der Waals surface area contributed by atoms with Gasteiger partial charge in [-0.15, -0.1) is 11.3 Å². The Morgan fingerprint density at radius 3 is 2.89 bits per heavy atom. The van der Waals surface area contributed by atoms with Crippen molar-refractivity contribution in [3.63, 3.8) is 0 Å². The molecule has 0 radical (unpaired) electrons. The monoisotopic (exact) mass is 407 g/mol. The maximum atomic E-state index is 13.2. The number of rotatable bonds is 4. The molecule has 1 aromatic rings. The van der Waals surface area contributed by atoms with E-state index < -0.39 is 12.1 Å². The first kappa shape index (κ1) is 19.2. The van der Waals surface area contributed by atoms with Gasteiger partial charge in [0.2, 0.25) is 6.17 Å². The molecule has 2 amide bonds. The van der Waals surface area contributed by atoms with E-state index in [-0.39, 0.29) is 24.5 Å². The van der Waals surface area contributed by atoms with Gasteiger partial charge >= 0.3 is 5.97 Å². The van der Waals surface area contributed by atoms with Crippen molar-refractivity contribution in [2.75, 3.05) is 31.6 Å². The fraction of sp³-hybridized carbons (Fsp3) is 0.632. The Morgan fingerprint density at radius 2 is 2.14 bits per heavy atom. The van der Waals surface area contributed by atoms with Crippen molar-refractivity contribution in [3.05, 3.63) is 16.0 Å². The topological polar surface area (TPSA) is 97.0 Å². The Balaban J connectivity index is 1.57. The van der Waals surface area contributed by atoms with E-state index in [1.165, 1.54) is 11.3 Å². The molecule has 3 aliphatic rings. The van der Waals surface area contributed by atoms with Crippen LogP contribution in [0.1, 0.15) is 58.2 Å². The Labute approximate surface area is 167 Å². The molecular weight excluding hydrogens is 382 g/mol. The van der Waals surface area contributed by atoms with E-state index >= 15 is 0 Å². The molecule has 1 fully saturated rings. The predicted octanol–water partition coefficient (Wildman–Crippen LogP) is 1.75. The zero-order chi connectivity index (χ0) is 19.7. The molecule has 28 heavy (non-hydrogen) atoms. The number of ether oxygens (including phenoxy) is 2. The van der Waals surface area contributed by atoms with Crippen LogP contribution in [0.2, 0.25) is 0 Å². The van der Waals surface area contributed by atoms with Crippen LogP contribution < -0.4 is 10.6 Å². The summed E-state index contributed by atoms with van der Waals surface area (Å²) >= 11 is 1.26. The van der Waals surface area contributed by atoms with Crippen LogP contribution in [0.25, 0.3) is 0 Å². The molecule has 1 saturated heterocycles. The number of nitrogens with one attached hydrogen (secondary N) is 2. The van der Waals surface area contributed by atoms with Gasteiger partial charge in [0, 0.05) is 19.7 Å². The average molecular weight is 407 g/mol. The summed E-state index contributed by atoms with van der Waals surface area (Å²) in [5.74, 6) is -0.919. The third-order valence-corrected chi connectivity index (χ3v) is 6.49. The van der Waals surface area contributed by atoms with E-state index in [4.69, 9.17) is 9.47 Å². The van der Waals surface area contributed by atoms with E-state index in [1.807, 2.05) is 4.90 Å². The van der Waals surface area contributed by atoms with Gasteiger partial charge in [-0.3, -0.25) is 9.59 Å². The molecule has 152 valence electrons. The van der Waals surface area contributed by atoms with Crippen molar-refractivity contribution in [2.45, 2.75) is 51.3 Å². The minimum atomic E-state index is -0.927. The van der Waals surface area contributed by atoms with Crippen LogP contribution in [0.5, 0.6) is 0 Å². The summed E-state index contributed by atoms with van der Waals surface area (Å²) in [6, 6.07) is 0. The highest BCUT2D eigenvalue weighted by Gasteiger charge is 2.37. The first-order chi connectivity index (χ1) is 13.6. The predicted molar refractivity (Wildman–Crippen MR) is 104 cm³/mol. The zero-order valence-corrected chi connectivity index (χ0v) is 16.7. The molecule has 0 aliphatic carbocycles. The lowest BCUT2D eigenvalue weighted by molar-refractivity contribution is -0.144. The Hall–Kier alpha value is -2.13. The number of carbonyl (C=O) groups is 3. The van der Waals surface area contributed by atoms with Crippen LogP contribution in [-0.2, 0) is 20.7 Å². The molecule has 1 aromatic heterocycles. The number of hydrogen-bond acceptors (Lipinski definition) is 7. The number of thiophene rings is 1. The Morgan fingerprint density at radius 1 is 1.29 bits per heavy atom. The van der Waals surface area contributed by atoms with Gasteiger partial charge in [-0.05, 0) is 44.6 Å². The summed E-state index contributed by atoms with van der Waals surface area (Å²) in [6.45, 7) is 3.95. The average Bonchev–Trinajstić information content (AvgIpc) is 3.00. The fourth-order valence-electron chi connectivity index (χ4n) is 4.00. The summed E-state index contributed by atoms with van der Waals surface area (Å²) < 4.78 is 10.8. The standard InChI is InChI=1S/C19H25N3O5S/c1-2-26-19(25)15-20-16(23)13-12-7-5-8-22(10-11-6-3-4-9-27-11)18(24)14(12)28-17(13)21-15/h11,15,21H,2-10H2,1H3,(H,20,23). The molecule has 4 rings (SSSR count). The highest BCUT2D eigenvalue weighted by Crippen LogP contribution is 2.38. The van der Waals surface area contributed by atoms with Gasteiger partial charge in [0.05, 0.1) is 23.2 Å². The second kappa shape index (κ2) is 8.08. The first-order valence-electron chi connectivity index (χ1n) is 9.89. The van der Waals surface area contributed by atoms with E-state index in [1.54, 1.807) is 6.92 Å². The SMILES string of the molecule is CCOC(=O)C1NC(=O)c2c(sc3c2CCCN(CC2CCCCO2)C3=O)N1. The normalized spacial score (nSPS) is 24.5. The minimum Gasteiger partial charge on any atom is -0.463 e. The van der Waals surface area contributed by atoms with Gasteiger partial charge in [0.15, 0.2) is 0 Å². The van der Waals surface area contributed by atoms with Crippen LogP contribution in [0.15, 0.2) is 0 Å². The number of amides is 2. The minimum absolute atomic E-state index is 0.0524. The second-order valence-electron chi connectivity index (χ2n) is 7.26. The van der Waals surface area contributed by atoms with Crippen LogP contribution in [0, 0.1) is 0 Å². The number of nitrogens with zero attached hydrogens (tertiary/aromatic N) is 1. The first-order valence-corrected chi connectivity index (χ1v) is 10.7. The van der Waals surface area contributed by atoms with Crippen molar-refractivity contribution in [1.82, 2.24) is 10.2 Å². The molecule has 3 aliphatic heterocycles. The maximum Gasteiger partial charge on any atom is 0.349 e. The van der Waals surface area contributed by atoms with Crippen molar-refractivity contribution in [1.29, 1.82) is 0 Å². The largest absolute Gasteiger partial charge is 0.463 e. The van der Waals surface area contributed by atoms with E-state index in [2.05, 4.69) is 10.6 Å². The highest BCUT2D eigenvalue weighted by molar-refractivity contribution is 7.18. The second-order valence-corrected chi connectivity index (χ2v) is 8.28. The van der Waals surface area contributed by atoms with Crippen molar-refractivity contribution < 1.29 is 23.9 Å². The van der Waals surface area contributed by atoms with Crippen LogP contribution >= 0.6 is 11.3 Å². The molecule has 0 aromatic carbocycles. The van der Waals surface area contributed by atoms with Crippen molar-refractivity contribution in [3.8, 4) is 0 Å². The van der Waals surface area contributed by atoms with E-state index in [0.29, 0.717) is 35.0 Å². The molecule has 2 unspecified atom stereocenters. The smallest absolute Gasteiger partial charge is 0.349 e. The maximum absolute atomic E-state index is 13.2. The number of anilines is 1. The quantitative estimate of drug-likeness (QED) is 0.738. The molecule has 0 spiro atoms. The van der Waals surface area contributed by atoms with Gasteiger partial charge in [-0.1, -0.05) is 0 Å². The lowest BCUT2D eigenvalue weighted by Crippen LogP contribution is -2.50. The summed E-state index contributed by atoms with van der Waals surface area (Å²) in [7, 11) is 0. The van der Waals surface area contributed by atoms with Crippen LogP contribution in [0.3, 0.4) is 0 Å². The number of carbonyl (C=O) groups excluding carboxylic acids is 3. The van der Waals surface area contributed by atoms with Gasteiger partial charge in [-0.2, -0.15) is 0 Å². The molecule has 2 N–H and O–H groups in total. The van der Waals surface area contributed by atoms with Crippen molar-refractivity contribution >= 4 is 34.1 Å². The lowest BCUT2D eigenvalue weighted by Gasteiger charge is -2.29. The van der Waals surface area contributed by atoms with Crippen molar-refractivity contribution in [2.24, 2.45) is 0 Å². The number of fused-ring (bicyclic) bond motifs is 3. The Kier molecular flexibility index (Phi) is 5.54. The molecule has 0 bridgehead atoms. The fourth-order valence-corrected chi connectivity index (χ4v) is 5.24. The summed E-state index contributed by atoms with van der Waals surface area (Å²) in [4.78, 5) is 40.3.